The van der Waals surface area contributed by atoms with Crippen LogP contribution in [0.25, 0.3) is 0 Å². The zero-order valence-electron chi connectivity index (χ0n) is 9.34. The molecule has 0 fully saturated rings. The highest BCUT2D eigenvalue weighted by Crippen LogP contribution is 2.01. The normalized spacial score (nSPS) is 9.11. The lowest BCUT2D eigenvalue weighted by atomic mass is 10.1. The van der Waals surface area contributed by atoms with Crippen LogP contribution in [-0.4, -0.2) is 25.6 Å². The molecule has 0 amide bonds. The van der Waals surface area contributed by atoms with Gasteiger partial charge in [-0.15, -0.1) is 10.1 Å². The van der Waals surface area contributed by atoms with E-state index in [2.05, 4.69) is 4.98 Å². The van der Waals surface area contributed by atoms with Crippen molar-refractivity contribution in [1.29, 1.82) is 0 Å². The fourth-order valence-electron chi connectivity index (χ4n) is 1.26. The quantitative estimate of drug-likeness (QED) is 0.504. The summed E-state index contributed by atoms with van der Waals surface area (Å²) in [5, 5.41) is 13.6. The third-order valence-electron chi connectivity index (χ3n) is 1.98. The Hall–Kier alpha value is -2.70. The molecule has 0 unspecified atom stereocenters. The molecular weight excluding hydrogens is 238 g/mol. The van der Waals surface area contributed by atoms with Crippen LogP contribution in [0.2, 0.25) is 0 Å². The summed E-state index contributed by atoms with van der Waals surface area (Å²) in [5.74, 6) is 0.101. The maximum Gasteiger partial charge on any atom is 0.291 e. The Morgan fingerprint density at radius 1 is 1.39 bits per heavy atom. The molecule has 0 aliphatic rings. The van der Waals surface area contributed by atoms with E-state index in [1.165, 1.54) is 0 Å². The molecule has 0 bridgehead atoms. The van der Waals surface area contributed by atoms with Crippen LogP contribution >= 0.6 is 0 Å². The molecule has 7 nitrogen and oxygen atoms in total. The Bertz CT molecular complexity index is 492. The predicted octanol–water partition coefficient (Wildman–Crippen LogP) is 1.42. The monoisotopic (exact) mass is 249 g/mol. The number of carbonyl (C=O) groups is 1. The largest absolute Gasteiger partial charge is 0.330 e. The second-order valence-corrected chi connectivity index (χ2v) is 3.26. The van der Waals surface area contributed by atoms with E-state index in [0.29, 0.717) is 6.54 Å². The molecule has 0 atom stereocenters. The van der Waals surface area contributed by atoms with Crippen molar-refractivity contribution in [1.82, 2.24) is 9.55 Å². The first-order chi connectivity index (χ1) is 8.59. The Labute approximate surface area is 102 Å². The Balaban J connectivity index is 0.000000357. The van der Waals surface area contributed by atoms with E-state index in [0.717, 1.165) is 5.56 Å². The van der Waals surface area contributed by atoms with E-state index >= 15 is 0 Å². The van der Waals surface area contributed by atoms with Crippen LogP contribution in [0.5, 0.6) is 0 Å². The molecule has 0 saturated carbocycles. The predicted molar refractivity (Wildman–Crippen MR) is 61.8 cm³/mol. The molecule has 1 aromatic heterocycles. The second kappa shape index (κ2) is 6.79. The summed E-state index contributed by atoms with van der Waals surface area (Å²) in [6.45, 7) is 0.351. The van der Waals surface area contributed by atoms with E-state index in [1.807, 2.05) is 30.3 Å². The molecule has 18 heavy (non-hydrogen) atoms. The standard InChI is InChI=1S/C11H10N2O.HNO3/c14-11(8-13-7-6-12-9-13)10-4-2-1-3-5-10;2-1(3)4/h1-7,9H,8H2;(H,2,3,4). The molecule has 1 N–H and O–H groups in total. The molecule has 0 spiro atoms. The van der Waals surface area contributed by atoms with Gasteiger partial charge in [0, 0.05) is 18.0 Å². The zero-order chi connectivity index (χ0) is 13.4. The summed E-state index contributed by atoms with van der Waals surface area (Å²) in [6, 6.07) is 9.26. The summed E-state index contributed by atoms with van der Waals surface area (Å²) < 4.78 is 1.76. The minimum Gasteiger partial charge on any atom is -0.330 e. The van der Waals surface area contributed by atoms with Gasteiger partial charge in [0.15, 0.2) is 5.78 Å². The first-order valence-corrected chi connectivity index (χ1v) is 4.97. The van der Waals surface area contributed by atoms with Crippen LogP contribution in [0.15, 0.2) is 49.1 Å². The maximum absolute atomic E-state index is 11.7. The van der Waals surface area contributed by atoms with Crippen molar-refractivity contribution >= 4 is 5.78 Å². The number of ketones is 1. The third-order valence-corrected chi connectivity index (χ3v) is 1.98. The van der Waals surface area contributed by atoms with Crippen molar-refractivity contribution in [3.05, 3.63) is 64.7 Å². The Kier molecular flexibility index (Phi) is 5.04. The van der Waals surface area contributed by atoms with Gasteiger partial charge >= 0.3 is 0 Å². The van der Waals surface area contributed by atoms with Crippen LogP contribution in [0.3, 0.4) is 0 Å². The second-order valence-electron chi connectivity index (χ2n) is 3.26. The Morgan fingerprint density at radius 3 is 2.50 bits per heavy atom. The van der Waals surface area contributed by atoms with Gasteiger partial charge in [-0.2, -0.15) is 0 Å². The van der Waals surface area contributed by atoms with Crippen molar-refractivity contribution in [2.24, 2.45) is 0 Å². The smallest absolute Gasteiger partial charge is 0.291 e. The zero-order valence-corrected chi connectivity index (χ0v) is 9.34. The molecule has 7 heteroatoms. The van der Waals surface area contributed by atoms with Crippen LogP contribution in [0, 0.1) is 10.1 Å². The van der Waals surface area contributed by atoms with Gasteiger partial charge in [-0.3, -0.25) is 4.79 Å². The van der Waals surface area contributed by atoms with Gasteiger partial charge in [0.1, 0.15) is 0 Å². The number of imidazole rings is 1. The number of carbonyl (C=O) groups excluding carboxylic acids is 1. The topological polar surface area (TPSA) is 98.3 Å². The van der Waals surface area contributed by atoms with E-state index in [1.54, 1.807) is 23.3 Å². The molecule has 1 aromatic carbocycles. The van der Waals surface area contributed by atoms with Gasteiger partial charge in [-0.1, -0.05) is 30.3 Å². The fraction of sp³-hybridized carbons (Fsp3) is 0.0909. The van der Waals surface area contributed by atoms with Crippen molar-refractivity contribution in [3.63, 3.8) is 0 Å². The van der Waals surface area contributed by atoms with Gasteiger partial charge in [0.25, 0.3) is 5.09 Å². The molecule has 2 rings (SSSR count). The number of hydrogen-bond acceptors (Lipinski definition) is 4. The highest BCUT2D eigenvalue weighted by molar-refractivity contribution is 5.95. The van der Waals surface area contributed by atoms with Crippen molar-refractivity contribution < 1.29 is 15.1 Å². The van der Waals surface area contributed by atoms with Crippen molar-refractivity contribution in [2.75, 3.05) is 0 Å². The number of rotatable bonds is 3. The molecule has 1 heterocycles. The highest BCUT2D eigenvalue weighted by atomic mass is 16.9. The van der Waals surface area contributed by atoms with Gasteiger partial charge in [-0.25, -0.2) is 4.98 Å². The van der Waals surface area contributed by atoms with E-state index in [9.17, 15) is 4.79 Å². The molecule has 0 saturated heterocycles. The van der Waals surface area contributed by atoms with Crippen LogP contribution in [-0.2, 0) is 6.54 Å². The maximum atomic E-state index is 11.7. The number of hydrogen-bond donors (Lipinski definition) is 1. The summed E-state index contributed by atoms with van der Waals surface area (Å²) in [5.41, 5.74) is 0.737. The molecule has 94 valence electrons. The summed E-state index contributed by atoms with van der Waals surface area (Å²) in [4.78, 5) is 23.9. The van der Waals surface area contributed by atoms with Gasteiger partial charge in [0.2, 0.25) is 0 Å². The lowest BCUT2D eigenvalue weighted by molar-refractivity contribution is -0.742. The summed E-state index contributed by atoms with van der Waals surface area (Å²) in [7, 11) is 0. The summed E-state index contributed by atoms with van der Waals surface area (Å²) >= 11 is 0. The van der Waals surface area contributed by atoms with Crippen LogP contribution in [0.1, 0.15) is 10.4 Å². The number of aromatic nitrogens is 2. The van der Waals surface area contributed by atoms with Crippen LogP contribution < -0.4 is 0 Å². The average molecular weight is 249 g/mol. The lowest BCUT2D eigenvalue weighted by Crippen LogP contribution is -2.08. The molecular formula is C11H11N3O4. The summed E-state index contributed by atoms with van der Waals surface area (Å²) in [6.07, 6.45) is 5.08. The average Bonchev–Trinajstić information content (AvgIpc) is 2.82. The SMILES string of the molecule is O=C(Cn1ccnc1)c1ccccc1.O=[N+]([O-])O. The van der Waals surface area contributed by atoms with Gasteiger partial charge in [0.05, 0.1) is 12.9 Å². The van der Waals surface area contributed by atoms with Crippen LogP contribution in [0.4, 0.5) is 0 Å². The molecule has 2 aromatic rings. The fourth-order valence-corrected chi connectivity index (χ4v) is 1.26. The first kappa shape index (κ1) is 13.4. The van der Waals surface area contributed by atoms with Gasteiger partial charge in [-0.05, 0) is 0 Å². The van der Waals surface area contributed by atoms with E-state index in [4.69, 9.17) is 15.3 Å². The van der Waals surface area contributed by atoms with E-state index < -0.39 is 5.09 Å². The number of benzene rings is 1. The molecule has 0 radical (unpaired) electrons. The van der Waals surface area contributed by atoms with E-state index in [-0.39, 0.29) is 5.78 Å². The molecule has 0 aliphatic carbocycles. The third kappa shape index (κ3) is 4.88. The highest BCUT2D eigenvalue weighted by Gasteiger charge is 2.04. The Morgan fingerprint density at radius 2 is 2.00 bits per heavy atom. The minimum atomic E-state index is -1.50. The number of nitrogens with zero attached hydrogens (tertiary/aromatic N) is 3. The van der Waals surface area contributed by atoms with Crippen molar-refractivity contribution in [3.8, 4) is 0 Å². The van der Waals surface area contributed by atoms with Crippen molar-refractivity contribution in [2.45, 2.75) is 6.54 Å². The lowest BCUT2D eigenvalue weighted by Gasteiger charge is -2.00. The number of Topliss-reactive ketones (excluding diaryl/α,β-unsaturated/α-hetero) is 1. The van der Waals surface area contributed by atoms with Gasteiger partial charge < -0.3 is 9.77 Å². The minimum absolute atomic E-state index is 0.101. The first-order valence-electron chi connectivity index (χ1n) is 4.97. The molecule has 0 aliphatic heterocycles.